The second-order valence-corrected chi connectivity index (χ2v) is 4.85. The minimum Gasteiger partial charge on any atom is -0.507 e. The van der Waals surface area contributed by atoms with Crippen molar-refractivity contribution in [2.45, 2.75) is 0 Å². The number of guanidine groups is 1. The molecule has 0 saturated heterocycles. The molecule has 3 aromatic rings. The van der Waals surface area contributed by atoms with E-state index in [1.54, 1.807) is 24.3 Å². The van der Waals surface area contributed by atoms with E-state index in [0.29, 0.717) is 23.4 Å². The van der Waals surface area contributed by atoms with Gasteiger partial charge >= 0.3 is 0 Å². The van der Waals surface area contributed by atoms with Gasteiger partial charge in [0, 0.05) is 10.9 Å². The first kappa shape index (κ1) is 14.5. The molecule has 0 aliphatic rings. The molecule has 2 aromatic carbocycles. The topological polar surface area (TPSA) is 98.1 Å². The van der Waals surface area contributed by atoms with E-state index in [2.05, 4.69) is 15.6 Å². The van der Waals surface area contributed by atoms with Gasteiger partial charge in [0.25, 0.3) is 0 Å². The number of para-hydroxylation sites is 2. The highest BCUT2D eigenvalue weighted by molar-refractivity contribution is 6.04. The predicted octanol–water partition coefficient (Wildman–Crippen LogP) is 2.70. The highest BCUT2D eigenvalue weighted by Crippen LogP contribution is 2.32. The molecule has 0 atom stereocenters. The van der Waals surface area contributed by atoms with Crippen molar-refractivity contribution >= 4 is 29.0 Å². The number of nitrogens with zero attached hydrogens (tertiary/aromatic N) is 1. The Morgan fingerprint density at radius 3 is 2.65 bits per heavy atom. The van der Waals surface area contributed by atoms with E-state index >= 15 is 0 Å². The maximum Gasteiger partial charge on any atom is 0.213 e. The summed E-state index contributed by atoms with van der Waals surface area (Å²) < 4.78 is 0. The highest BCUT2D eigenvalue weighted by Gasteiger charge is 2.11. The van der Waals surface area contributed by atoms with Crippen LogP contribution in [0.15, 0.2) is 54.6 Å². The van der Waals surface area contributed by atoms with Gasteiger partial charge in [0.2, 0.25) is 6.41 Å². The zero-order valence-corrected chi connectivity index (χ0v) is 12.1. The van der Waals surface area contributed by atoms with Crippen LogP contribution in [0.2, 0.25) is 0 Å². The maximum absolute atomic E-state index is 10.5. The minimum atomic E-state index is -0.139. The van der Waals surface area contributed by atoms with Crippen molar-refractivity contribution in [1.82, 2.24) is 10.3 Å². The van der Waals surface area contributed by atoms with Crippen LogP contribution in [0.1, 0.15) is 0 Å². The standard InChI is InChI=1S/C17H14N4O2/c18-17(19-10-22)21-14-9-15(12-6-2-4-8-16(12)23)20-13-7-3-1-5-11(13)14/h1-10,23H,(H3,18,19,20,21,22). The molecule has 0 radical (unpaired) electrons. The van der Waals surface area contributed by atoms with Crippen LogP contribution in [0.4, 0.5) is 5.69 Å². The number of carbonyl (C=O) groups excluding carboxylic acids is 1. The molecule has 1 amide bonds. The summed E-state index contributed by atoms with van der Waals surface area (Å²) in [6.07, 6.45) is 0.433. The van der Waals surface area contributed by atoms with E-state index in [9.17, 15) is 9.90 Å². The van der Waals surface area contributed by atoms with E-state index in [4.69, 9.17) is 5.41 Å². The van der Waals surface area contributed by atoms with Gasteiger partial charge in [0.05, 0.1) is 16.9 Å². The van der Waals surface area contributed by atoms with E-state index in [-0.39, 0.29) is 11.7 Å². The number of fused-ring (bicyclic) bond motifs is 1. The smallest absolute Gasteiger partial charge is 0.213 e. The fraction of sp³-hybridized carbons (Fsp3) is 0. The van der Waals surface area contributed by atoms with Gasteiger partial charge in [-0.15, -0.1) is 0 Å². The number of aromatic hydroxyl groups is 1. The Kier molecular flexibility index (Phi) is 3.88. The van der Waals surface area contributed by atoms with Crippen molar-refractivity contribution in [2.24, 2.45) is 0 Å². The molecule has 1 aromatic heterocycles. The summed E-state index contributed by atoms with van der Waals surface area (Å²) in [5, 5.41) is 23.6. The summed E-state index contributed by atoms with van der Waals surface area (Å²) in [6.45, 7) is 0. The second-order valence-electron chi connectivity index (χ2n) is 4.85. The number of nitrogens with one attached hydrogen (secondary N) is 3. The number of anilines is 1. The Morgan fingerprint density at radius 1 is 1.13 bits per heavy atom. The molecule has 0 unspecified atom stereocenters. The summed E-state index contributed by atoms with van der Waals surface area (Å²) in [4.78, 5) is 15.0. The summed E-state index contributed by atoms with van der Waals surface area (Å²) in [5.74, 6) is -0.0121. The zero-order valence-electron chi connectivity index (χ0n) is 12.1. The van der Waals surface area contributed by atoms with E-state index in [1.807, 2.05) is 30.3 Å². The van der Waals surface area contributed by atoms with Crippen LogP contribution >= 0.6 is 0 Å². The average Bonchev–Trinajstić information content (AvgIpc) is 2.55. The Hall–Kier alpha value is -3.41. The molecule has 0 saturated carbocycles. The molecule has 0 bridgehead atoms. The van der Waals surface area contributed by atoms with Gasteiger partial charge < -0.3 is 10.4 Å². The van der Waals surface area contributed by atoms with E-state index < -0.39 is 0 Å². The SMILES string of the molecule is N=C(NC=O)Nc1cc(-c2ccccc2O)nc2ccccc12. The van der Waals surface area contributed by atoms with Gasteiger partial charge in [-0.25, -0.2) is 4.98 Å². The summed E-state index contributed by atoms with van der Waals surface area (Å²) in [6, 6.07) is 16.1. The largest absolute Gasteiger partial charge is 0.507 e. The molecule has 23 heavy (non-hydrogen) atoms. The number of rotatable bonds is 3. The first-order valence-electron chi connectivity index (χ1n) is 6.93. The number of hydrogen-bond donors (Lipinski definition) is 4. The van der Waals surface area contributed by atoms with Gasteiger partial charge in [0.15, 0.2) is 5.96 Å². The molecule has 1 heterocycles. The molecule has 3 rings (SSSR count). The van der Waals surface area contributed by atoms with Crippen molar-refractivity contribution in [2.75, 3.05) is 5.32 Å². The molecule has 0 aliphatic heterocycles. The van der Waals surface area contributed by atoms with Crippen LogP contribution in [0.5, 0.6) is 5.75 Å². The Morgan fingerprint density at radius 2 is 1.87 bits per heavy atom. The number of phenolic OH excluding ortho intramolecular Hbond substituents is 1. The van der Waals surface area contributed by atoms with Crippen LogP contribution in [0, 0.1) is 5.41 Å². The first-order valence-corrected chi connectivity index (χ1v) is 6.93. The van der Waals surface area contributed by atoms with Crippen molar-refractivity contribution in [3.8, 4) is 17.0 Å². The molecular weight excluding hydrogens is 292 g/mol. The average molecular weight is 306 g/mol. The van der Waals surface area contributed by atoms with Gasteiger partial charge in [-0.05, 0) is 24.3 Å². The molecule has 6 nitrogen and oxygen atoms in total. The summed E-state index contributed by atoms with van der Waals surface area (Å²) in [5.41, 5.74) is 2.50. The number of amides is 1. The fourth-order valence-corrected chi connectivity index (χ4v) is 2.34. The van der Waals surface area contributed by atoms with E-state index in [0.717, 1.165) is 10.9 Å². The summed E-state index contributed by atoms with van der Waals surface area (Å²) >= 11 is 0. The third-order valence-electron chi connectivity index (χ3n) is 3.36. The monoisotopic (exact) mass is 306 g/mol. The lowest BCUT2D eigenvalue weighted by molar-refractivity contribution is -0.108. The lowest BCUT2D eigenvalue weighted by Gasteiger charge is -2.12. The van der Waals surface area contributed by atoms with Crippen LogP contribution in [0.3, 0.4) is 0 Å². The molecule has 0 aliphatic carbocycles. The number of carbonyl (C=O) groups is 1. The number of phenols is 1. The molecule has 0 fully saturated rings. The number of aromatic nitrogens is 1. The minimum absolute atomic E-state index is 0.127. The molecule has 0 spiro atoms. The molecule has 4 N–H and O–H groups in total. The lowest BCUT2D eigenvalue weighted by Crippen LogP contribution is -2.28. The van der Waals surface area contributed by atoms with E-state index in [1.165, 1.54) is 0 Å². The predicted molar refractivity (Wildman–Crippen MR) is 89.4 cm³/mol. The summed E-state index contributed by atoms with van der Waals surface area (Å²) in [7, 11) is 0. The second kappa shape index (κ2) is 6.15. The lowest BCUT2D eigenvalue weighted by atomic mass is 10.1. The van der Waals surface area contributed by atoms with Gasteiger partial charge in [-0.1, -0.05) is 30.3 Å². The first-order chi connectivity index (χ1) is 11.2. The van der Waals surface area contributed by atoms with Crippen LogP contribution in [-0.2, 0) is 4.79 Å². The maximum atomic E-state index is 10.5. The van der Waals surface area contributed by atoms with Gasteiger partial charge in [0.1, 0.15) is 5.75 Å². The van der Waals surface area contributed by atoms with Crippen LogP contribution in [-0.4, -0.2) is 22.5 Å². The van der Waals surface area contributed by atoms with Crippen molar-refractivity contribution in [3.63, 3.8) is 0 Å². The third-order valence-corrected chi connectivity index (χ3v) is 3.36. The normalized spacial score (nSPS) is 10.3. The van der Waals surface area contributed by atoms with Crippen molar-refractivity contribution < 1.29 is 9.90 Å². The van der Waals surface area contributed by atoms with Gasteiger partial charge in [-0.3, -0.25) is 15.5 Å². The Bertz CT molecular complexity index is 893. The van der Waals surface area contributed by atoms with Crippen LogP contribution in [0.25, 0.3) is 22.2 Å². The highest BCUT2D eigenvalue weighted by atomic mass is 16.3. The van der Waals surface area contributed by atoms with Crippen molar-refractivity contribution in [3.05, 3.63) is 54.6 Å². The van der Waals surface area contributed by atoms with Crippen molar-refractivity contribution in [1.29, 1.82) is 5.41 Å². The number of hydrogen-bond acceptors (Lipinski definition) is 4. The number of pyridine rings is 1. The quantitative estimate of drug-likeness (QED) is 0.340. The molecule has 114 valence electrons. The van der Waals surface area contributed by atoms with Gasteiger partial charge in [-0.2, -0.15) is 0 Å². The third kappa shape index (κ3) is 2.96. The molecule has 6 heteroatoms. The molecular formula is C17H14N4O2. The Balaban J connectivity index is 2.16. The Labute approximate surface area is 132 Å². The number of benzene rings is 2. The zero-order chi connectivity index (χ0) is 16.2. The van der Waals surface area contributed by atoms with Crippen LogP contribution < -0.4 is 10.6 Å². The fourth-order valence-electron chi connectivity index (χ4n) is 2.34.